The van der Waals surface area contributed by atoms with Gasteiger partial charge in [-0.15, -0.1) is 5.10 Å². The lowest BCUT2D eigenvalue weighted by Crippen LogP contribution is -2.48. The molecule has 10 heteroatoms. The van der Waals surface area contributed by atoms with Crippen LogP contribution in [0.2, 0.25) is 10.2 Å². The van der Waals surface area contributed by atoms with Gasteiger partial charge in [-0.25, -0.2) is 14.6 Å². The summed E-state index contributed by atoms with van der Waals surface area (Å²) in [6.45, 7) is 5.94. The maximum Gasteiger partial charge on any atom is 0.322 e. The third kappa shape index (κ3) is 4.34. The van der Waals surface area contributed by atoms with E-state index in [9.17, 15) is 0 Å². The summed E-state index contributed by atoms with van der Waals surface area (Å²) in [5.74, 6) is 3.07. The molecule has 32 heavy (non-hydrogen) atoms. The van der Waals surface area contributed by atoms with Gasteiger partial charge in [-0.05, 0) is 56.7 Å². The molecule has 0 amide bonds. The molecule has 2 bridgehead atoms. The molecule has 3 aromatic rings. The summed E-state index contributed by atoms with van der Waals surface area (Å²) in [6, 6.07) is 9.98. The molecule has 1 saturated carbocycles. The van der Waals surface area contributed by atoms with Crippen molar-refractivity contribution in [2.75, 3.05) is 23.3 Å². The van der Waals surface area contributed by atoms with Crippen LogP contribution in [0.4, 0.5) is 11.8 Å². The van der Waals surface area contributed by atoms with Gasteiger partial charge in [-0.1, -0.05) is 29.3 Å². The molecule has 2 aliphatic rings. The number of hydrogen-bond donors (Lipinski definition) is 1. The molecule has 5 rings (SSSR count). The molecular formula is C22H25Cl2N7O. The number of halogens is 2. The molecule has 2 aromatic heterocycles. The number of anilines is 2. The van der Waals surface area contributed by atoms with Gasteiger partial charge in [0, 0.05) is 30.2 Å². The van der Waals surface area contributed by atoms with Crippen LogP contribution in [-0.4, -0.2) is 43.9 Å². The van der Waals surface area contributed by atoms with Crippen LogP contribution in [0.25, 0.3) is 0 Å². The molecule has 3 atom stereocenters. The molecular weight excluding hydrogens is 449 g/mol. The Morgan fingerprint density at radius 3 is 2.56 bits per heavy atom. The fourth-order valence-electron chi connectivity index (χ4n) is 4.70. The van der Waals surface area contributed by atoms with Crippen LogP contribution in [0.5, 0.6) is 11.8 Å². The van der Waals surface area contributed by atoms with Crippen LogP contribution in [0.3, 0.4) is 0 Å². The van der Waals surface area contributed by atoms with Crippen LogP contribution in [-0.2, 0) is 0 Å². The highest BCUT2D eigenvalue weighted by molar-refractivity contribution is 6.30. The smallest absolute Gasteiger partial charge is 0.322 e. The second-order valence-electron chi connectivity index (χ2n) is 8.69. The molecule has 1 saturated heterocycles. The van der Waals surface area contributed by atoms with Gasteiger partial charge in [0.2, 0.25) is 5.95 Å². The Morgan fingerprint density at radius 2 is 1.88 bits per heavy atom. The van der Waals surface area contributed by atoms with E-state index < -0.39 is 0 Å². The van der Waals surface area contributed by atoms with Gasteiger partial charge < -0.3 is 15.0 Å². The minimum absolute atomic E-state index is 0.105. The maximum absolute atomic E-state index is 6.10. The molecule has 1 aromatic carbocycles. The quantitative estimate of drug-likeness (QED) is 0.500. The Morgan fingerprint density at radius 1 is 1.09 bits per heavy atom. The van der Waals surface area contributed by atoms with Crippen molar-refractivity contribution in [3.05, 3.63) is 46.8 Å². The molecule has 1 unspecified atom stereocenters. The summed E-state index contributed by atoms with van der Waals surface area (Å²) in [5.41, 5.74) is 0. The summed E-state index contributed by atoms with van der Waals surface area (Å²) in [4.78, 5) is 15.4. The average Bonchev–Trinajstić information content (AvgIpc) is 3.24. The second kappa shape index (κ2) is 8.75. The minimum Gasteiger partial charge on any atom is -0.424 e. The van der Waals surface area contributed by atoms with Crippen LogP contribution in [0.15, 0.2) is 36.7 Å². The van der Waals surface area contributed by atoms with Gasteiger partial charge in [0.05, 0.1) is 6.04 Å². The summed E-state index contributed by atoms with van der Waals surface area (Å²) in [6.07, 6.45) is 3.84. The van der Waals surface area contributed by atoms with Crippen molar-refractivity contribution in [3.63, 3.8) is 0 Å². The molecule has 168 valence electrons. The van der Waals surface area contributed by atoms with E-state index in [0.717, 1.165) is 31.7 Å². The first-order chi connectivity index (χ1) is 15.5. The van der Waals surface area contributed by atoms with E-state index in [0.29, 0.717) is 45.8 Å². The van der Waals surface area contributed by atoms with Crippen molar-refractivity contribution in [1.82, 2.24) is 24.7 Å². The second-order valence-corrected chi connectivity index (χ2v) is 9.51. The van der Waals surface area contributed by atoms with E-state index >= 15 is 0 Å². The van der Waals surface area contributed by atoms with Crippen molar-refractivity contribution in [2.24, 2.45) is 11.8 Å². The number of nitrogens with one attached hydrogen (secondary N) is 1. The van der Waals surface area contributed by atoms with E-state index in [-0.39, 0.29) is 6.04 Å². The third-order valence-corrected chi connectivity index (χ3v) is 6.61. The van der Waals surface area contributed by atoms with Gasteiger partial charge >= 0.3 is 6.01 Å². The van der Waals surface area contributed by atoms with Gasteiger partial charge in [-0.2, -0.15) is 4.98 Å². The average molecular weight is 474 g/mol. The normalized spacial score (nSPS) is 22.4. The van der Waals surface area contributed by atoms with Gasteiger partial charge in [-0.3, -0.25) is 0 Å². The molecule has 8 nitrogen and oxygen atoms in total. The number of aromatic nitrogens is 5. The number of ether oxygens (including phenoxy) is 1. The fraction of sp³-hybridized carbons (Fsp3) is 0.455. The lowest BCUT2D eigenvalue weighted by Gasteiger charge is -2.38. The molecule has 1 N–H and O–H groups in total. The van der Waals surface area contributed by atoms with Crippen LogP contribution in [0, 0.1) is 11.8 Å². The molecule has 1 aliphatic heterocycles. The van der Waals surface area contributed by atoms with Crippen LogP contribution in [0.1, 0.15) is 32.7 Å². The Balaban J connectivity index is 1.32. The largest absolute Gasteiger partial charge is 0.424 e. The molecule has 2 fully saturated rings. The van der Waals surface area contributed by atoms with E-state index in [1.165, 1.54) is 6.33 Å². The Bertz CT molecular complexity index is 1090. The van der Waals surface area contributed by atoms with Crippen molar-refractivity contribution >= 4 is 35.0 Å². The zero-order chi connectivity index (χ0) is 22.2. The zero-order valence-electron chi connectivity index (χ0n) is 17.9. The summed E-state index contributed by atoms with van der Waals surface area (Å²) in [5, 5.41) is 9.38. The summed E-state index contributed by atoms with van der Waals surface area (Å²) in [7, 11) is 0. The predicted molar refractivity (Wildman–Crippen MR) is 125 cm³/mol. The molecule has 3 heterocycles. The summed E-state index contributed by atoms with van der Waals surface area (Å²) >= 11 is 12.2. The van der Waals surface area contributed by atoms with E-state index in [1.807, 2.05) is 24.3 Å². The highest BCUT2D eigenvalue weighted by Crippen LogP contribution is 2.40. The first kappa shape index (κ1) is 21.3. The predicted octanol–water partition coefficient (Wildman–Crippen LogP) is 5.08. The number of rotatable bonds is 6. The van der Waals surface area contributed by atoms with Crippen LogP contribution >= 0.6 is 23.2 Å². The number of fused-ring (bicyclic) bond motifs is 2. The summed E-state index contributed by atoms with van der Waals surface area (Å²) < 4.78 is 7.80. The maximum atomic E-state index is 6.10. The zero-order valence-corrected chi connectivity index (χ0v) is 19.5. The molecule has 0 spiro atoms. The van der Waals surface area contributed by atoms with Gasteiger partial charge in [0.15, 0.2) is 0 Å². The Kier molecular flexibility index (Phi) is 5.82. The van der Waals surface area contributed by atoms with Crippen molar-refractivity contribution in [2.45, 2.75) is 38.8 Å². The van der Waals surface area contributed by atoms with Gasteiger partial charge in [0.25, 0.3) is 0 Å². The van der Waals surface area contributed by atoms with Crippen LogP contribution < -0.4 is 15.0 Å². The third-order valence-electron chi connectivity index (χ3n) is 6.17. The highest BCUT2D eigenvalue weighted by atomic mass is 35.5. The van der Waals surface area contributed by atoms with E-state index in [1.54, 1.807) is 10.7 Å². The number of hydrogen-bond acceptors (Lipinski definition) is 7. The number of nitrogens with zero attached hydrogens (tertiary/aromatic N) is 6. The lowest BCUT2D eigenvalue weighted by molar-refractivity contribution is 0.373. The van der Waals surface area contributed by atoms with E-state index in [4.69, 9.17) is 33.0 Å². The fourth-order valence-corrected chi connectivity index (χ4v) is 5.03. The number of piperidine rings is 1. The minimum atomic E-state index is 0.105. The van der Waals surface area contributed by atoms with Gasteiger partial charge in [0.1, 0.15) is 23.0 Å². The SMILES string of the molecule is CC(C)n1nc(NC2[C@@H]3CC[C@H]2CN(c2cc(Cl)ncn2)C3)nc1Oc1cccc(Cl)c1. The first-order valence-corrected chi connectivity index (χ1v) is 11.6. The Hall–Kier alpha value is -2.58. The van der Waals surface area contributed by atoms with Crippen molar-refractivity contribution in [3.8, 4) is 11.8 Å². The monoisotopic (exact) mass is 473 g/mol. The number of benzene rings is 1. The molecule has 0 radical (unpaired) electrons. The topological polar surface area (TPSA) is 81.0 Å². The lowest BCUT2D eigenvalue weighted by atomic mass is 9.92. The highest BCUT2D eigenvalue weighted by Gasteiger charge is 2.43. The molecule has 1 aliphatic carbocycles. The first-order valence-electron chi connectivity index (χ1n) is 10.9. The Labute approximate surface area is 196 Å². The standard InChI is InChI=1S/C22H25Cl2N7O/c1-13(2)31-22(32-17-5-3-4-16(23)8-17)28-21(29-31)27-20-14-6-7-15(20)11-30(10-14)19-9-18(24)25-12-26-19/h3-5,8-9,12-15,20H,6-7,10-11H2,1-2H3,(H,27,29)/t14-,15+,20?. The van der Waals surface area contributed by atoms with Crippen molar-refractivity contribution in [1.29, 1.82) is 0 Å². The van der Waals surface area contributed by atoms with E-state index in [2.05, 4.69) is 39.0 Å². The van der Waals surface area contributed by atoms with Crippen molar-refractivity contribution < 1.29 is 4.74 Å².